The molecule has 0 aromatic heterocycles. The van der Waals surface area contributed by atoms with E-state index in [9.17, 15) is 4.79 Å². The SMILES string of the molecule is CCCCCCCNCCC(C)(C)C(=O)CO. The van der Waals surface area contributed by atoms with Crippen LogP contribution in [-0.4, -0.2) is 30.6 Å². The summed E-state index contributed by atoms with van der Waals surface area (Å²) in [6, 6.07) is 0. The predicted molar refractivity (Wildman–Crippen MR) is 72.1 cm³/mol. The van der Waals surface area contributed by atoms with Crippen molar-refractivity contribution in [3.8, 4) is 0 Å². The van der Waals surface area contributed by atoms with Crippen LogP contribution in [0.25, 0.3) is 0 Å². The van der Waals surface area contributed by atoms with Gasteiger partial charge in [-0.1, -0.05) is 46.5 Å². The van der Waals surface area contributed by atoms with Gasteiger partial charge in [0, 0.05) is 5.41 Å². The average Bonchev–Trinajstić information content (AvgIpc) is 2.31. The van der Waals surface area contributed by atoms with Crippen LogP contribution in [0, 0.1) is 5.41 Å². The van der Waals surface area contributed by atoms with E-state index in [-0.39, 0.29) is 12.4 Å². The van der Waals surface area contributed by atoms with E-state index in [4.69, 9.17) is 5.11 Å². The molecule has 102 valence electrons. The number of hydrogen-bond donors (Lipinski definition) is 2. The molecule has 0 unspecified atom stereocenters. The number of carbonyl (C=O) groups excluding carboxylic acids is 1. The Morgan fingerprint density at radius 3 is 2.35 bits per heavy atom. The van der Waals surface area contributed by atoms with Gasteiger partial charge in [-0.3, -0.25) is 4.79 Å². The lowest BCUT2D eigenvalue weighted by molar-refractivity contribution is -0.130. The van der Waals surface area contributed by atoms with Crippen LogP contribution in [0.4, 0.5) is 0 Å². The van der Waals surface area contributed by atoms with Crippen molar-refractivity contribution < 1.29 is 9.90 Å². The Balaban J connectivity index is 3.42. The van der Waals surface area contributed by atoms with Gasteiger partial charge in [-0.2, -0.15) is 0 Å². The molecule has 0 radical (unpaired) electrons. The number of Topliss-reactive ketones (excluding diaryl/α,β-unsaturated/α-hetero) is 1. The van der Waals surface area contributed by atoms with Crippen molar-refractivity contribution in [1.82, 2.24) is 5.32 Å². The molecule has 0 spiro atoms. The summed E-state index contributed by atoms with van der Waals surface area (Å²) in [5.41, 5.74) is -0.399. The van der Waals surface area contributed by atoms with E-state index in [1.165, 1.54) is 32.1 Å². The Morgan fingerprint density at radius 2 is 1.76 bits per heavy atom. The largest absolute Gasteiger partial charge is 0.389 e. The van der Waals surface area contributed by atoms with Crippen molar-refractivity contribution in [3.05, 3.63) is 0 Å². The molecule has 3 heteroatoms. The average molecular weight is 243 g/mol. The molecule has 0 aliphatic rings. The molecule has 3 nitrogen and oxygen atoms in total. The second-order valence-corrected chi connectivity index (χ2v) is 5.38. The minimum atomic E-state index is -0.399. The number of rotatable bonds is 11. The lowest BCUT2D eigenvalue weighted by Gasteiger charge is -2.21. The molecule has 2 N–H and O–H groups in total. The molecule has 0 fully saturated rings. The van der Waals surface area contributed by atoms with Crippen molar-refractivity contribution >= 4 is 5.78 Å². The highest BCUT2D eigenvalue weighted by molar-refractivity contribution is 5.84. The monoisotopic (exact) mass is 243 g/mol. The first kappa shape index (κ1) is 16.6. The number of carbonyl (C=O) groups is 1. The number of ketones is 1. The van der Waals surface area contributed by atoms with Gasteiger partial charge >= 0.3 is 0 Å². The first-order chi connectivity index (χ1) is 8.04. The van der Waals surface area contributed by atoms with E-state index >= 15 is 0 Å². The van der Waals surface area contributed by atoms with Crippen molar-refractivity contribution in [1.29, 1.82) is 0 Å². The summed E-state index contributed by atoms with van der Waals surface area (Å²) in [7, 11) is 0. The molecule has 0 saturated carbocycles. The standard InChI is InChI=1S/C14H29NO2/c1-4-5-6-7-8-10-15-11-9-14(2,3)13(17)12-16/h15-16H,4-12H2,1-3H3. The molecule has 0 aromatic carbocycles. The maximum absolute atomic E-state index is 11.4. The van der Waals surface area contributed by atoms with Crippen LogP contribution in [0.5, 0.6) is 0 Å². The predicted octanol–water partition coefficient (Wildman–Crippen LogP) is 2.52. The van der Waals surface area contributed by atoms with Gasteiger partial charge in [-0.05, 0) is 25.9 Å². The maximum Gasteiger partial charge on any atom is 0.163 e. The van der Waals surface area contributed by atoms with Gasteiger partial charge < -0.3 is 10.4 Å². The summed E-state index contributed by atoms with van der Waals surface area (Å²) >= 11 is 0. The zero-order valence-electron chi connectivity index (χ0n) is 11.7. The molecular weight excluding hydrogens is 214 g/mol. The van der Waals surface area contributed by atoms with E-state index in [0.717, 1.165) is 19.5 Å². The van der Waals surface area contributed by atoms with Crippen LogP contribution in [0.15, 0.2) is 0 Å². The van der Waals surface area contributed by atoms with Crippen LogP contribution < -0.4 is 5.32 Å². The lowest BCUT2D eigenvalue weighted by Crippen LogP contribution is -2.31. The highest BCUT2D eigenvalue weighted by atomic mass is 16.3. The van der Waals surface area contributed by atoms with Gasteiger partial charge in [-0.15, -0.1) is 0 Å². The third-order valence-corrected chi connectivity index (χ3v) is 3.28. The van der Waals surface area contributed by atoms with Gasteiger partial charge in [0.05, 0.1) is 0 Å². The normalized spacial score (nSPS) is 11.8. The number of nitrogens with one attached hydrogen (secondary N) is 1. The number of hydrogen-bond acceptors (Lipinski definition) is 3. The molecule has 0 bridgehead atoms. The molecule has 0 aliphatic heterocycles. The van der Waals surface area contributed by atoms with E-state index in [1.54, 1.807) is 0 Å². The zero-order chi connectivity index (χ0) is 13.1. The molecule has 0 amide bonds. The Bertz CT molecular complexity index is 202. The van der Waals surface area contributed by atoms with Gasteiger partial charge in [0.1, 0.15) is 6.61 Å². The fraction of sp³-hybridized carbons (Fsp3) is 0.929. The van der Waals surface area contributed by atoms with E-state index < -0.39 is 5.41 Å². The first-order valence-corrected chi connectivity index (χ1v) is 6.89. The topological polar surface area (TPSA) is 49.3 Å². The Labute approximate surface area is 106 Å². The second kappa shape index (κ2) is 9.60. The van der Waals surface area contributed by atoms with Crippen LogP contribution in [0.1, 0.15) is 59.3 Å². The van der Waals surface area contributed by atoms with Gasteiger partial charge in [0.25, 0.3) is 0 Å². The molecule has 17 heavy (non-hydrogen) atoms. The lowest BCUT2D eigenvalue weighted by atomic mass is 9.85. The summed E-state index contributed by atoms with van der Waals surface area (Å²) in [5, 5.41) is 12.2. The van der Waals surface area contributed by atoms with E-state index in [1.807, 2.05) is 13.8 Å². The number of aliphatic hydroxyl groups is 1. The minimum absolute atomic E-state index is 0.0674. The highest BCUT2D eigenvalue weighted by Gasteiger charge is 2.25. The zero-order valence-corrected chi connectivity index (χ0v) is 11.7. The third kappa shape index (κ3) is 8.33. The summed E-state index contributed by atoms with van der Waals surface area (Å²) in [6.45, 7) is 7.56. The van der Waals surface area contributed by atoms with E-state index in [0.29, 0.717) is 0 Å². The summed E-state index contributed by atoms with van der Waals surface area (Å²) < 4.78 is 0. The summed E-state index contributed by atoms with van der Waals surface area (Å²) in [5.74, 6) is -0.0674. The molecule has 0 saturated heterocycles. The van der Waals surface area contributed by atoms with Crippen molar-refractivity contribution in [2.45, 2.75) is 59.3 Å². The first-order valence-electron chi connectivity index (χ1n) is 6.89. The van der Waals surface area contributed by atoms with Crippen molar-refractivity contribution in [2.24, 2.45) is 5.41 Å². The molecule has 0 aliphatic carbocycles. The van der Waals surface area contributed by atoms with Crippen LogP contribution >= 0.6 is 0 Å². The fourth-order valence-corrected chi connectivity index (χ4v) is 1.73. The maximum atomic E-state index is 11.4. The van der Waals surface area contributed by atoms with Gasteiger partial charge in [0.15, 0.2) is 5.78 Å². The Hall–Kier alpha value is -0.410. The summed E-state index contributed by atoms with van der Waals surface area (Å²) in [6.07, 6.45) is 7.24. The van der Waals surface area contributed by atoms with Crippen LogP contribution in [-0.2, 0) is 4.79 Å². The number of unbranched alkanes of at least 4 members (excludes halogenated alkanes) is 4. The second-order valence-electron chi connectivity index (χ2n) is 5.38. The summed E-state index contributed by atoms with van der Waals surface area (Å²) in [4.78, 5) is 11.4. The molecule has 0 atom stereocenters. The quantitative estimate of drug-likeness (QED) is 0.548. The Kier molecular flexibility index (Phi) is 9.37. The molecule has 0 aromatic rings. The van der Waals surface area contributed by atoms with Crippen LogP contribution in [0.3, 0.4) is 0 Å². The smallest absolute Gasteiger partial charge is 0.163 e. The molecular formula is C14H29NO2. The van der Waals surface area contributed by atoms with Gasteiger partial charge in [0.2, 0.25) is 0 Å². The van der Waals surface area contributed by atoms with Crippen molar-refractivity contribution in [2.75, 3.05) is 19.7 Å². The van der Waals surface area contributed by atoms with Gasteiger partial charge in [-0.25, -0.2) is 0 Å². The van der Waals surface area contributed by atoms with E-state index in [2.05, 4.69) is 12.2 Å². The van der Waals surface area contributed by atoms with Crippen molar-refractivity contribution in [3.63, 3.8) is 0 Å². The van der Waals surface area contributed by atoms with Crippen LogP contribution in [0.2, 0.25) is 0 Å². The third-order valence-electron chi connectivity index (χ3n) is 3.28. The minimum Gasteiger partial charge on any atom is -0.389 e. The Morgan fingerprint density at radius 1 is 1.12 bits per heavy atom. The fourth-order valence-electron chi connectivity index (χ4n) is 1.73. The highest BCUT2D eigenvalue weighted by Crippen LogP contribution is 2.20. The molecule has 0 heterocycles. The molecule has 0 rings (SSSR count). The number of aliphatic hydroxyl groups excluding tert-OH is 1.